The molecule has 0 radical (unpaired) electrons. The van der Waals surface area contributed by atoms with E-state index < -0.39 is 8.80 Å². The molecule has 0 aliphatic carbocycles. The van der Waals surface area contributed by atoms with E-state index in [1.54, 1.807) is 6.08 Å². The van der Waals surface area contributed by atoms with Gasteiger partial charge in [-0.3, -0.25) is 0 Å². The van der Waals surface area contributed by atoms with Crippen molar-refractivity contribution in [3.05, 3.63) is 36.4 Å². The zero-order valence-electron chi connectivity index (χ0n) is 12.6. The molecular weight excluding hydrogens is 272 g/mol. The molecule has 0 aliphatic heterocycles. The summed E-state index contributed by atoms with van der Waals surface area (Å²) in [6, 6.07) is 7.71. The van der Waals surface area contributed by atoms with E-state index in [4.69, 9.17) is 18.0 Å². The molecule has 1 aromatic rings. The molecule has 0 amide bonds. The molecule has 0 N–H and O–H groups in total. The van der Waals surface area contributed by atoms with Gasteiger partial charge in [0.05, 0.1) is 0 Å². The van der Waals surface area contributed by atoms with Gasteiger partial charge in [-0.25, -0.2) is 0 Å². The molecule has 1 aromatic carbocycles. The van der Waals surface area contributed by atoms with Crippen LogP contribution in [0.4, 0.5) is 0 Å². The molecular formula is C15H24O4Si. The maximum atomic E-state index is 5.78. The monoisotopic (exact) mass is 296 g/mol. The van der Waals surface area contributed by atoms with Crippen molar-refractivity contribution >= 4 is 14.9 Å². The molecule has 1 rings (SSSR count). The Bertz CT molecular complexity index is 374. The summed E-state index contributed by atoms with van der Waals surface area (Å²) in [4.78, 5) is 0. The average molecular weight is 296 g/mol. The molecule has 0 aliphatic rings. The topological polar surface area (TPSA) is 36.9 Å². The fourth-order valence-electron chi connectivity index (χ4n) is 1.78. The van der Waals surface area contributed by atoms with Gasteiger partial charge in [0, 0.05) is 19.8 Å². The van der Waals surface area contributed by atoms with Gasteiger partial charge < -0.3 is 18.0 Å². The Morgan fingerprint density at radius 1 is 0.950 bits per heavy atom. The predicted octanol–water partition coefficient (Wildman–Crippen LogP) is 3.30. The maximum Gasteiger partial charge on any atom is 0.540 e. The van der Waals surface area contributed by atoms with Crippen molar-refractivity contribution in [2.75, 3.05) is 26.1 Å². The first-order valence-electron chi connectivity index (χ1n) is 6.96. The molecule has 5 heteroatoms. The van der Waals surface area contributed by atoms with Crippen LogP contribution >= 0.6 is 0 Å². The molecule has 0 aromatic heterocycles. The van der Waals surface area contributed by atoms with Crippen LogP contribution in [-0.2, 0) is 13.3 Å². The Balaban J connectivity index is 2.69. The molecule has 20 heavy (non-hydrogen) atoms. The van der Waals surface area contributed by atoms with E-state index in [0.717, 1.165) is 11.3 Å². The van der Waals surface area contributed by atoms with Gasteiger partial charge in [-0.05, 0) is 38.5 Å². The van der Waals surface area contributed by atoms with Gasteiger partial charge in [-0.2, -0.15) is 0 Å². The number of hydrogen-bond donors (Lipinski definition) is 0. The van der Waals surface area contributed by atoms with Crippen LogP contribution < -0.4 is 4.74 Å². The molecule has 0 fully saturated rings. The third kappa shape index (κ3) is 5.09. The van der Waals surface area contributed by atoms with Crippen molar-refractivity contribution in [2.24, 2.45) is 0 Å². The smallest absolute Gasteiger partial charge is 0.489 e. The molecule has 0 saturated carbocycles. The van der Waals surface area contributed by atoms with Gasteiger partial charge in [-0.1, -0.05) is 24.8 Å². The Morgan fingerprint density at radius 3 is 1.85 bits per heavy atom. The van der Waals surface area contributed by atoms with Crippen LogP contribution in [0.15, 0.2) is 30.8 Å². The SMILES string of the molecule is C=Cc1ccc(OC[Si](OCC)(OCC)OCC)cc1. The Morgan fingerprint density at radius 2 is 1.45 bits per heavy atom. The van der Waals surface area contributed by atoms with Crippen LogP contribution in [0.5, 0.6) is 5.75 Å². The van der Waals surface area contributed by atoms with Crippen LogP contribution in [0.1, 0.15) is 26.3 Å². The molecule has 0 unspecified atom stereocenters. The van der Waals surface area contributed by atoms with E-state index in [1.165, 1.54) is 0 Å². The summed E-state index contributed by atoms with van der Waals surface area (Å²) in [5, 5.41) is 0. The van der Waals surface area contributed by atoms with Gasteiger partial charge in [0.15, 0.2) is 6.23 Å². The second-order valence-electron chi connectivity index (χ2n) is 4.04. The normalized spacial score (nSPS) is 11.3. The largest absolute Gasteiger partial charge is 0.540 e. The lowest BCUT2D eigenvalue weighted by Gasteiger charge is -2.28. The number of rotatable bonds is 10. The highest BCUT2D eigenvalue weighted by atomic mass is 28.4. The van der Waals surface area contributed by atoms with Crippen molar-refractivity contribution < 1.29 is 18.0 Å². The first kappa shape index (κ1) is 16.9. The standard InChI is InChI=1S/C15H24O4Si/c1-5-14-9-11-15(12-10-14)16-13-20(17-6-2,18-7-3)19-8-4/h5,9-12H,1,6-8,13H2,2-4H3. The zero-order chi connectivity index (χ0) is 14.8. The lowest BCUT2D eigenvalue weighted by Crippen LogP contribution is -2.51. The molecule has 112 valence electrons. The van der Waals surface area contributed by atoms with Crippen molar-refractivity contribution in [3.63, 3.8) is 0 Å². The first-order chi connectivity index (χ1) is 9.69. The van der Waals surface area contributed by atoms with E-state index in [0.29, 0.717) is 26.1 Å². The first-order valence-corrected chi connectivity index (χ1v) is 8.90. The van der Waals surface area contributed by atoms with Crippen LogP contribution in [0.3, 0.4) is 0 Å². The van der Waals surface area contributed by atoms with Crippen LogP contribution in [0, 0.1) is 0 Å². The molecule has 0 saturated heterocycles. The van der Waals surface area contributed by atoms with Crippen LogP contribution in [0.25, 0.3) is 6.08 Å². The molecule has 0 heterocycles. The van der Waals surface area contributed by atoms with Gasteiger partial charge >= 0.3 is 8.80 Å². The minimum atomic E-state index is -2.74. The van der Waals surface area contributed by atoms with Crippen molar-refractivity contribution in [1.29, 1.82) is 0 Å². The summed E-state index contributed by atoms with van der Waals surface area (Å²) in [7, 11) is -2.74. The molecule has 0 spiro atoms. The van der Waals surface area contributed by atoms with E-state index in [-0.39, 0.29) is 0 Å². The fourth-order valence-corrected chi connectivity index (χ4v) is 3.94. The lowest BCUT2D eigenvalue weighted by molar-refractivity contribution is 0.0541. The quantitative estimate of drug-likeness (QED) is 0.621. The average Bonchev–Trinajstić information content (AvgIpc) is 2.46. The minimum Gasteiger partial charge on any atom is -0.489 e. The third-order valence-corrected chi connectivity index (χ3v) is 5.31. The van der Waals surface area contributed by atoms with Crippen molar-refractivity contribution in [2.45, 2.75) is 20.8 Å². The summed E-state index contributed by atoms with van der Waals surface area (Å²) in [6.07, 6.45) is 2.11. The summed E-state index contributed by atoms with van der Waals surface area (Å²) >= 11 is 0. The number of ether oxygens (including phenoxy) is 1. The van der Waals surface area contributed by atoms with E-state index in [2.05, 4.69) is 6.58 Å². The Hall–Kier alpha value is -1.14. The van der Waals surface area contributed by atoms with Crippen molar-refractivity contribution in [3.8, 4) is 5.75 Å². The summed E-state index contributed by atoms with van der Waals surface area (Å²) in [6.45, 7) is 11.2. The second-order valence-corrected chi connectivity index (χ2v) is 6.56. The van der Waals surface area contributed by atoms with E-state index in [9.17, 15) is 0 Å². The van der Waals surface area contributed by atoms with Crippen LogP contribution in [0.2, 0.25) is 0 Å². The van der Waals surface area contributed by atoms with Crippen molar-refractivity contribution in [1.82, 2.24) is 0 Å². The Labute approximate surface area is 122 Å². The summed E-state index contributed by atoms with van der Waals surface area (Å²) in [5.41, 5.74) is 1.06. The number of hydrogen-bond acceptors (Lipinski definition) is 4. The highest BCUT2D eigenvalue weighted by Gasteiger charge is 2.42. The van der Waals surface area contributed by atoms with Gasteiger partial charge in [0.2, 0.25) is 0 Å². The lowest BCUT2D eigenvalue weighted by atomic mass is 10.2. The van der Waals surface area contributed by atoms with E-state index in [1.807, 2.05) is 45.0 Å². The van der Waals surface area contributed by atoms with Gasteiger partial charge in [0.25, 0.3) is 0 Å². The highest BCUT2D eigenvalue weighted by Crippen LogP contribution is 2.17. The second kappa shape index (κ2) is 8.92. The van der Waals surface area contributed by atoms with E-state index >= 15 is 0 Å². The number of benzene rings is 1. The summed E-state index contributed by atoms with van der Waals surface area (Å²) < 4.78 is 23.0. The Kier molecular flexibility index (Phi) is 7.54. The zero-order valence-corrected chi connectivity index (χ0v) is 13.6. The van der Waals surface area contributed by atoms with Gasteiger partial charge in [-0.15, -0.1) is 0 Å². The molecule has 0 bridgehead atoms. The predicted molar refractivity (Wildman–Crippen MR) is 82.7 cm³/mol. The fraction of sp³-hybridized carbons (Fsp3) is 0.467. The minimum absolute atomic E-state index is 0.315. The molecule has 0 atom stereocenters. The highest BCUT2D eigenvalue weighted by molar-refractivity contribution is 6.60. The summed E-state index contributed by atoms with van der Waals surface area (Å²) in [5.74, 6) is 0.770. The molecule has 4 nitrogen and oxygen atoms in total. The third-order valence-electron chi connectivity index (χ3n) is 2.62. The maximum absolute atomic E-state index is 5.78. The van der Waals surface area contributed by atoms with Crippen LogP contribution in [-0.4, -0.2) is 34.9 Å². The van der Waals surface area contributed by atoms with Gasteiger partial charge in [0.1, 0.15) is 5.75 Å².